The summed E-state index contributed by atoms with van der Waals surface area (Å²) >= 11 is 0. The van der Waals surface area contributed by atoms with Crippen LogP contribution in [0, 0.1) is 0 Å². The van der Waals surface area contributed by atoms with Crippen molar-refractivity contribution < 1.29 is 18.8 Å². The summed E-state index contributed by atoms with van der Waals surface area (Å²) in [6.45, 7) is 3.40. The lowest BCUT2D eigenvalue weighted by Crippen LogP contribution is -2.29. The first-order valence-electron chi connectivity index (χ1n) is 11.2. The zero-order chi connectivity index (χ0) is 21.6. The zero-order valence-electron chi connectivity index (χ0n) is 18.8. The molecule has 0 atom stereocenters. The van der Waals surface area contributed by atoms with E-state index < -0.39 is 0 Å². The van der Waals surface area contributed by atoms with E-state index >= 15 is 0 Å². The lowest BCUT2D eigenvalue weighted by Gasteiger charge is -2.12. The second-order valence-electron chi connectivity index (χ2n) is 7.75. The highest BCUT2D eigenvalue weighted by molar-refractivity contribution is 5.97. The number of ether oxygens (including phenoxy) is 2. The van der Waals surface area contributed by atoms with Crippen molar-refractivity contribution in [3.8, 4) is 11.5 Å². The van der Waals surface area contributed by atoms with Crippen molar-refractivity contribution in [2.75, 3.05) is 13.7 Å². The number of carbonyl (C=O) groups is 1. The van der Waals surface area contributed by atoms with E-state index in [1.165, 1.54) is 44.9 Å². The van der Waals surface area contributed by atoms with Gasteiger partial charge in [-0.05, 0) is 24.6 Å². The van der Waals surface area contributed by atoms with Gasteiger partial charge in [-0.3, -0.25) is 4.79 Å². The molecule has 0 fully saturated rings. The number of hydrogen-bond donors (Lipinski definition) is 1. The van der Waals surface area contributed by atoms with Gasteiger partial charge in [0.25, 0.3) is 5.91 Å². The Kier molecular flexibility index (Phi) is 10.8. The largest absolute Gasteiger partial charge is 0.496 e. The Hall–Kier alpha value is -2.56. The molecule has 0 saturated carbocycles. The van der Waals surface area contributed by atoms with Crippen molar-refractivity contribution in [1.82, 2.24) is 5.32 Å². The third-order valence-corrected chi connectivity index (χ3v) is 5.14. The van der Waals surface area contributed by atoms with Gasteiger partial charge < -0.3 is 14.8 Å². The molecule has 1 heterocycles. The molecule has 2 rings (SSSR count). The Morgan fingerprint density at radius 1 is 1.03 bits per heavy atom. The third kappa shape index (κ3) is 8.44. The molecule has 0 aliphatic rings. The van der Waals surface area contributed by atoms with Crippen molar-refractivity contribution in [2.45, 2.75) is 64.8 Å². The van der Waals surface area contributed by atoms with Gasteiger partial charge in [-0.15, -0.1) is 0 Å². The number of carbonyl (C=O) groups excluding carboxylic acids is 1. The molecular formula is C25H37N2O3+. The van der Waals surface area contributed by atoms with Crippen LogP contribution in [0.4, 0.5) is 0 Å². The number of aryl methyl sites for hydroxylation is 1. The summed E-state index contributed by atoms with van der Waals surface area (Å²) in [5, 5.41) is 2.95. The van der Waals surface area contributed by atoms with Crippen LogP contribution < -0.4 is 19.4 Å². The summed E-state index contributed by atoms with van der Waals surface area (Å²) in [6, 6.07) is 9.34. The van der Waals surface area contributed by atoms with E-state index in [2.05, 4.69) is 12.2 Å². The summed E-state index contributed by atoms with van der Waals surface area (Å²) < 4.78 is 13.2. The Labute approximate surface area is 181 Å². The van der Waals surface area contributed by atoms with E-state index in [9.17, 15) is 4.79 Å². The number of methoxy groups -OCH3 is 1. The van der Waals surface area contributed by atoms with Gasteiger partial charge in [0.1, 0.15) is 18.5 Å². The van der Waals surface area contributed by atoms with Crippen molar-refractivity contribution in [3.05, 3.63) is 53.9 Å². The van der Waals surface area contributed by atoms with Crippen LogP contribution in [0.3, 0.4) is 0 Å². The molecule has 0 aliphatic carbocycles. The highest BCUT2D eigenvalue weighted by Gasteiger charge is 2.13. The molecular weight excluding hydrogens is 376 g/mol. The predicted molar refractivity (Wildman–Crippen MR) is 120 cm³/mol. The highest BCUT2D eigenvalue weighted by atomic mass is 16.5. The van der Waals surface area contributed by atoms with Gasteiger partial charge >= 0.3 is 0 Å². The van der Waals surface area contributed by atoms with E-state index in [1.807, 2.05) is 42.2 Å². The summed E-state index contributed by atoms with van der Waals surface area (Å²) in [4.78, 5) is 12.6. The lowest BCUT2D eigenvalue weighted by atomic mass is 10.1. The van der Waals surface area contributed by atoms with Crippen LogP contribution in [0.2, 0.25) is 0 Å². The molecule has 2 aromatic rings. The topological polar surface area (TPSA) is 51.4 Å². The van der Waals surface area contributed by atoms with Gasteiger partial charge in [0.05, 0.1) is 19.3 Å². The second kappa shape index (κ2) is 13.6. The molecule has 0 unspecified atom stereocenters. The van der Waals surface area contributed by atoms with Crippen LogP contribution in [0.5, 0.6) is 11.5 Å². The van der Waals surface area contributed by atoms with Gasteiger partial charge in [-0.1, -0.05) is 51.9 Å². The first kappa shape index (κ1) is 23.7. The smallest absolute Gasteiger partial charge is 0.255 e. The Morgan fingerprint density at radius 2 is 1.77 bits per heavy atom. The molecule has 1 aromatic carbocycles. The number of aromatic nitrogens is 1. The molecule has 5 heteroatoms. The maximum atomic E-state index is 12.6. The predicted octanol–water partition coefficient (Wildman–Crippen LogP) is 4.97. The fourth-order valence-electron chi connectivity index (χ4n) is 3.41. The summed E-state index contributed by atoms with van der Waals surface area (Å²) in [6.07, 6.45) is 14.1. The molecule has 1 amide bonds. The van der Waals surface area contributed by atoms with Crippen LogP contribution in [-0.4, -0.2) is 19.6 Å². The maximum absolute atomic E-state index is 12.6. The average molecular weight is 414 g/mol. The molecule has 5 nitrogen and oxygen atoms in total. The lowest BCUT2D eigenvalue weighted by molar-refractivity contribution is -0.671. The third-order valence-electron chi connectivity index (χ3n) is 5.14. The number of nitrogens with one attached hydrogen (secondary N) is 1. The SMILES string of the molecule is CCCCCCCCCCOc1ccc(C(=O)NCc2ccc[n+](C)c2)c(OC)c1. The number of pyridine rings is 1. The molecule has 0 aliphatic heterocycles. The number of amides is 1. The standard InChI is InChI=1S/C25H36N2O3/c1-4-5-6-7-8-9-10-11-17-30-22-14-15-23(24(18-22)29-3)25(28)26-19-21-13-12-16-27(2)20-21/h12-16,18,20H,4-11,17,19H2,1-3H3/p+1. The quantitative estimate of drug-likeness (QED) is 0.351. The summed E-state index contributed by atoms with van der Waals surface area (Å²) in [7, 11) is 3.53. The second-order valence-corrected chi connectivity index (χ2v) is 7.75. The molecule has 1 N–H and O–H groups in total. The van der Waals surface area contributed by atoms with E-state index in [1.54, 1.807) is 19.2 Å². The molecule has 164 valence electrons. The maximum Gasteiger partial charge on any atom is 0.255 e. The molecule has 0 spiro atoms. The van der Waals surface area contributed by atoms with Crippen molar-refractivity contribution in [3.63, 3.8) is 0 Å². The van der Waals surface area contributed by atoms with Gasteiger partial charge in [-0.25, -0.2) is 4.57 Å². The fourth-order valence-corrected chi connectivity index (χ4v) is 3.41. The minimum absolute atomic E-state index is 0.159. The van der Waals surface area contributed by atoms with Crippen molar-refractivity contribution in [2.24, 2.45) is 7.05 Å². The summed E-state index contributed by atoms with van der Waals surface area (Å²) in [5.74, 6) is 1.11. The molecule has 30 heavy (non-hydrogen) atoms. The highest BCUT2D eigenvalue weighted by Crippen LogP contribution is 2.25. The van der Waals surface area contributed by atoms with E-state index in [0.29, 0.717) is 24.5 Å². The average Bonchev–Trinajstić information content (AvgIpc) is 2.76. The molecule has 1 aromatic heterocycles. The first-order chi connectivity index (χ1) is 14.6. The monoisotopic (exact) mass is 413 g/mol. The molecule has 0 saturated heterocycles. The number of hydrogen-bond acceptors (Lipinski definition) is 3. The van der Waals surface area contributed by atoms with Crippen molar-refractivity contribution in [1.29, 1.82) is 0 Å². The normalized spacial score (nSPS) is 10.6. The van der Waals surface area contributed by atoms with Crippen LogP contribution in [0.25, 0.3) is 0 Å². The molecule has 0 bridgehead atoms. The fraction of sp³-hybridized carbons (Fsp3) is 0.520. The Morgan fingerprint density at radius 3 is 2.47 bits per heavy atom. The van der Waals surface area contributed by atoms with Crippen LogP contribution in [0.1, 0.15) is 74.2 Å². The van der Waals surface area contributed by atoms with Crippen LogP contribution >= 0.6 is 0 Å². The van der Waals surface area contributed by atoms with E-state index in [-0.39, 0.29) is 5.91 Å². The van der Waals surface area contributed by atoms with Gasteiger partial charge in [-0.2, -0.15) is 0 Å². The zero-order valence-corrected chi connectivity index (χ0v) is 18.8. The van der Waals surface area contributed by atoms with Gasteiger partial charge in [0, 0.05) is 24.2 Å². The van der Waals surface area contributed by atoms with E-state index in [0.717, 1.165) is 17.7 Å². The number of unbranched alkanes of at least 4 members (excludes halogenated alkanes) is 7. The number of nitrogens with zero attached hydrogens (tertiary/aromatic N) is 1. The van der Waals surface area contributed by atoms with Gasteiger partial charge in [0.2, 0.25) is 0 Å². The Balaban J connectivity index is 1.76. The number of benzene rings is 1. The van der Waals surface area contributed by atoms with Crippen LogP contribution in [0.15, 0.2) is 42.7 Å². The minimum atomic E-state index is -0.159. The number of rotatable bonds is 14. The van der Waals surface area contributed by atoms with Crippen molar-refractivity contribution >= 4 is 5.91 Å². The van der Waals surface area contributed by atoms with Gasteiger partial charge in [0.15, 0.2) is 12.4 Å². The van der Waals surface area contributed by atoms with E-state index in [4.69, 9.17) is 9.47 Å². The minimum Gasteiger partial charge on any atom is -0.496 e. The first-order valence-corrected chi connectivity index (χ1v) is 11.2. The van der Waals surface area contributed by atoms with Crippen LogP contribution in [-0.2, 0) is 13.6 Å². The Bertz CT molecular complexity index is 777. The molecule has 0 radical (unpaired) electrons. The summed E-state index contributed by atoms with van der Waals surface area (Å²) in [5.41, 5.74) is 1.55.